The number of pyridine rings is 1. The molecule has 10 heteroatoms. The van der Waals surface area contributed by atoms with Crippen molar-refractivity contribution in [3.05, 3.63) is 59.7 Å². The molecule has 0 aliphatic heterocycles. The van der Waals surface area contributed by atoms with Gasteiger partial charge in [-0.3, -0.25) is 4.98 Å². The average Bonchev–Trinajstić information content (AvgIpc) is 2.45. The maximum atomic E-state index is 13.4. The molecule has 0 saturated carbocycles. The van der Waals surface area contributed by atoms with Crippen LogP contribution in [0.15, 0.2) is 47.6 Å². The first-order valence-corrected chi connectivity index (χ1v) is 7.51. The van der Waals surface area contributed by atoms with Crippen molar-refractivity contribution in [2.24, 2.45) is 0 Å². The summed E-state index contributed by atoms with van der Waals surface area (Å²) in [6.45, 7) is 0. The van der Waals surface area contributed by atoms with Crippen LogP contribution in [-0.4, -0.2) is 22.5 Å². The van der Waals surface area contributed by atoms with Crippen LogP contribution in [0.4, 0.5) is 30.7 Å². The first-order valence-electron chi connectivity index (χ1n) is 6.73. The Morgan fingerprint density at radius 3 is 2.08 bits per heavy atom. The van der Waals surface area contributed by atoms with Gasteiger partial charge < -0.3 is 0 Å². The molecule has 136 valence electrons. The van der Waals surface area contributed by atoms with Crippen molar-refractivity contribution in [2.45, 2.75) is 23.3 Å². The fraction of sp³-hybridized carbons (Fsp3) is 0.267. The molecule has 0 bridgehead atoms. The zero-order valence-corrected chi connectivity index (χ0v) is 13.4. The summed E-state index contributed by atoms with van der Waals surface area (Å²) in [7, 11) is 1.12. The summed E-state index contributed by atoms with van der Waals surface area (Å²) >= 11 is 0.586. The normalized spacial score (nSPS) is 14.0. The maximum absolute atomic E-state index is 13.4. The van der Waals surface area contributed by atoms with Crippen molar-refractivity contribution < 1.29 is 30.7 Å². The number of aromatic nitrogens is 1. The fourth-order valence-electron chi connectivity index (χ4n) is 2.12. The summed E-state index contributed by atoms with van der Waals surface area (Å²) in [4.78, 5) is 3.67. The molecule has 0 radical (unpaired) electrons. The highest BCUT2D eigenvalue weighted by molar-refractivity contribution is 7.97. The third kappa shape index (κ3) is 5.08. The number of hydrogen-bond donors (Lipinski definition) is 0. The Morgan fingerprint density at radius 1 is 1.00 bits per heavy atom. The van der Waals surface area contributed by atoms with Gasteiger partial charge in [-0.05, 0) is 42.8 Å². The van der Waals surface area contributed by atoms with Crippen LogP contribution in [0.5, 0.6) is 0 Å². The smallest absolute Gasteiger partial charge is 0.260 e. The zero-order chi connectivity index (χ0) is 18.8. The van der Waals surface area contributed by atoms with Gasteiger partial charge in [0.1, 0.15) is 11.9 Å². The number of nitrogens with zero attached hydrogens (tertiary/aromatic N) is 2. The van der Waals surface area contributed by atoms with Crippen LogP contribution in [0.2, 0.25) is 0 Å². The molecule has 0 spiro atoms. The van der Waals surface area contributed by atoms with Gasteiger partial charge in [-0.25, -0.2) is 8.70 Å². The topological polar surface area (TPSA) is 16.1 Å². The largest absolute Gasteiger partial charge is 0.416 e. The van der Waals surface area contributed by atoms with E-state index < -0.39 is 29.8 Å². The van der Waals surface area contributed by atoms with E-state index in [-0.39, 0.29) is 10.5 Å². The maximum Gasteiger partial charge on any atom is 0.416 e. The third-order valence-corrected chi connectivity index (χ3v) is 4.09. The van der Waals surface area contributed by atoms with E-state index in [4.69, 9.17) is 0 Å². The summed E-state index contributed by atoms with van der Waals surface area (Å²) < 4.78 is 91.8. The van der Waals surface area contributed by atoms with Crippen LogP contribution < -0.4 is 0 Å². The Kier molecular flexibility index (Phi) is 5.62. The quantitative estimate of drug-likeness (QED) is 0.513. The standard InChI is InChI=1S/C15H11F7N2S/c1-24(25-12-6-11(16)7-23-8-12)13(15(20,21)22)9-2-4-10(5-3-9)14(17,18)19/h2-8,13H,1H3. The Balaban J connectivity index is 2.30. The number of benzene rings is 1. The minimum absolute atomic E-state index is 0.128. The van der Waals surface area contributed by atoms with Crippen LogP contribution in [0.25, 0.3) is 0 Å². The molecule has 0 aliphatic carbocycles. The van der Waals surface area contributed by atoms with Gasteiger partial charge in [0, 0.05) is 11.1 Å². The van der Waals surface area contributed by atoms with Gasteiger partial charge in [0.05, 0.1) is 11.8 Å². The highest BCUT2D eigenvalue weighted by atomic mass is 32.2. The summed E-state index contributed by atoms with van der Waals surface area (Å²) in [6.07, 6.45) is -7.30. The van der Waals surface area contributed by atoms with Gasteiger partial charge >= 0.3 is 12.4 Å². The molecule has 2 aromatic rings. The Bertz CT molecular complexity index is 713. The molecular formula is C15H11F7N2S. The molecular weight excluding hydrogens is 373 g/mol. The van der Waals surface area contributed by atoms with Gasteiger partial charge in [-0.1, -0.05) is 12.1 Å². The summed E-state index contributed by atoms with van der Waals surface area (Å²) in [5.41, 5.74) is -1.40. The Hall–Kier alpha value is -1.81. The van der Waals surface area contributed by atoms with E-state index in [0.29, 0.717) is 24.1 Å². The SMILES string of the molecule is CN(Sc1cncc(F)c1)C(c1ccc(C(F)(F)F)cc1)C(F)(F)F. The number of halogens is 7. The second kappa shape index (κ2) is 7.20. The molecule has 2 nitrogen and oxygen atoms in total. The lowest BCUT2D eigenvalue weighted by atomic mass is 10.0. The lowest BCUT2D eigenvalue weighted by Gasteiger charge is -2.29. The number of rotatable bonds is 4. The van der Waals surface area contributed by atoms with Crippen molar-refractivity contribution in [3.63, 3.8) is 0 Å². The highest BCUT2D eigenvalue weighted by Gasteiger charge is 2.44. The van der Waals surface area contributed by atoms with Gasteiger partial charge in [-0.15, -0.1) is 0 Å². The van der Waals surface area contributed by atoms with E-state index in [0.717, 1.165) is 35.7 Å². The molecule has 1 atom stereocenters. The predicted octanol–water partition coefficient (Wildman–Crippen LogP) is 5.48. The van der Waals surface area contributed by atoms with Gasteiger partial charge in [-0.2, -0.15) is 26.3 Å². The van der Waals surface area contributed by atoms with E-state index in [1.54, 1.807) is 0 Å². The second-order valence-corrected chi connectivity index (χ2v) is 6.27. The van der Waals surface area contributed by atoms with E-state index in [2.05, 4.69) is 4.98 Å². The Labute approximate surface area is 142 Å². The number of hydrogen-bond acceptors (Lipinski definition) is 3. The van der Waals surface area contributed by atoms with Crippen LogP contribution >= 0.6 is 11.9 Å². The van der Waals surface area contributed by atoms with Crippen molar-refractivity contribution in [3.8, 4) is 0 Å². The predicted molar refractivity (Wildman–Crippen MR) is 78.1 cm³/mol. The second-order valence-electron chi connectivity index (χ2n) is 5.04. The molecule has 1 aromatic carbocycles. The van der Waals surface area contributed by atoms with Gasteiger partial charge in [0.2, 0.25) is 0 Å². The van der Waals surface area contributed by atoms with Crippen molar-refractivity contribution in [1.82, 2.24) is 9.29 Å². The zero-order valence-electron chi connectivity index (χ0n) is 12.6. The summed E-state index contributed by atoms with van der Waals surface area (Å²) in [6, 6.07) is 1.58. The molecule has 0 saturated heterocycles. The fourth-order valence-corrected chi connectivity index (χ4v) is 3.07. The molecule has 1 aromatic heterocycles. The van der Waals surface area contributed by atoms with Gasteiger partial charge in [0.25, 0.3) is 0 Å². The highest BCUT2D eigenvalue weighted by Crippen LogP contribution is 2.42. The molecule has 0 aliphatic rings. The van der Waals surface area contributed by atoms with Gasteiger partial charge in [0.15, 0.2) is 0 Å². The lowest BCUT2D eigenvalue weighted by molar-refractivity contribution is -0.169. The van der Waals surface area contributed by atoms with Crippen molar-refractivity contribution in [2.75, 3.05) is 7.05 Å². The van der Waals surface area contributed by atoms with E-state index >= 15 is 0 Å². The van der Waals surface area contributed by atoms with E-state index in [1.807, 2.05) is 0 Å². The van der Waals surface area contributed by atoms with Crippen molar-refractivity contribution >= 4 is 11.9 Å². The molecule has 0 N–H and O–H groups in total. The molecule has 0 fully saturated rings. The summed E-state index contributed by atoms with van der Waals surface area (Å²) in [5.74, 6) is -0.712. The third-order valence-electron chi connectivity index (χ3n) is 3.16. The minimum atomic E-state index is -4.75. The van der Waals surface area contributed by atoms with Crippen LogP contribution in [0, 0.1) is 5.82 Å². The van der Waals surface area contributed by atoms with Crippen LogP contribution in [-0.2, 0) is 6.18 Å². The molecule has 2 rings (SSSR count). The lowest BCUT2D eigenvalue weighted by Crippen LogP contribution is -2.32. The summed E-state index contributed by atoms with van der Waals surface area (Å²) in [5, 5.41) is 0. The van der Waals surface area contributed by atoms with E-state index in [9.17, 15) is 30.7 Å². The first-order chi connectivity index (χ1) is 11.5. The van der Waals surface area contributed by atoms with Crippen LogP contribution in [0.3, 0.4) is 0 Å². The molecule has 1 unspecified atom stereocenters. The Morgan fingerprint density at radius 2 is 1.60 bits per heavy atom. The monoisotopic (exact) mass is 384 g/mol. The molecule has 25 heavy (non-hydrogen) atoms. The minimum Gasteiger partial charge on any atom is -0.260 e. The van der Waals surface area contributed by atoms with Crippen LogP contribution in [0.1, 0.15) is 17.2 Å². The van der Waals surface area contributed by atoms with E-state index in [1.165, 1.54) is 6.20 Å². The number of alkyl halides is 6. The molecule has 1 heterocycles. The first kappa shape index (κ1) is 19.5. The van der Waals surface area contributed by atoms with Crippen molar-refractivity contribution in [1.29, 1.82) is 0 Å². The average molecular weight is 384 g/mol. The molecule has 0 amide bonds.